The minimum Gasteiger partial charge on any atom is -0.493 e. The van der Waals surface area contributed by atoms with E-state index in [1.54, 1.807) is 18.2 Å². The van der Waals surface area contributed by atoms with Crippen LogP contribution in [0.25, 0.3) is 0 Å². The van der Waals surface area contributed by atoms with Crippen LogP contribution >= 0.6 is 12.4 Å². The second-order valence-corrected chi connectivity index (χ2v) is 3.29. The lowest BCUT2D eigenvalue weighted by molar-refractivity contribution is -0.132. The molecular formula is C11H16ClNO4. The number of methoxy groups -OCH3 is 1. The predicted octanol–water partition coefficient (Wildman–Crippen LogP) is 1.03. The maximum absolute atomic E-state index is 10.8. The maximum Gasteiger partial charge on any atom is 0.308 e. The monoisotopic (exact) mass is 261 g/mol. The molecule has 0 saturated carbocycles. The molecule has 1 atom stereocenters. The number of nitrogens with two attached hydrogens (primary N) is 1. The Hall–Kier alpha value is -1.30. The highest BCUT2D eigenvalue weighted by Crippen LogP contribution is 2.29. The van der Waals surface area contributed by atoms with E-state index >= 15 is 0 Å². The Morgan fingerprint density at radius 3 is 2.59 bits per heavy atom. The zero-order valence-electron chi connectivity index (χ0n) is 9.67. The lowest BCUT2D eigenvalue weighted by atomic mass is 10.1. The van der Waals surface area contributed by atoms with Crippen molar-refractivity contribution in [3.8, 4) is 11.5 Å². The molecule has 0 aliphatic carbocycles. The number of hydrogen-bond donors (Lipinski definition) is 2. The van der Waals surface area contributed by atoms with E-state index in [0.29, 0.717) is 11.5 Å². The third kappa shape index (κ3) is 4.22. The van der Waals surface area contributed by atoms with Crippen LogP contribution in [-0.2, 0) is 4.79 Å². The first-order valence-corrected chi connectivity index (χ1v) is 4.81. The lowest BCUT2D eigenvalue weighted by Crippen LogP contribution is -2.14. The van der Waals surface area contributed by atoms with Crippen molar-refractivity contribution in [2.75, 3.05) is 13.7 Å². The van der Waals surface area contributed by atoms with Gasteiger partial charge in [-0.05, 0) is 17.7 Å². The fraction of sp³-hybridized carbons (Fsp3) is 0.364. The molecule has 0 fully saturated rings. The molecule has 5 nitrogen and oxygen atoms in total. The SMILES string of the molecule is COc1cc([C@@H](N)CO)ccc1OC(C)=O.Cl. The maximum atomic E-state index is 10.8. The third-order valence-corrected chi connectivity index (χ3v) is 2.07. The van der Waals surface area contributed by atoms with E-state index in [9.17, 15) is 4.79 Å². The van der Waals surface area contributed by atoms with Gasteiger partial charge < -0.3 is 20.3 Å². The van der Waals surface area contributed by atoms with Crippen LogP contribution in [0.4, 0.5) is 0 Å². The minimum atomic E-state index is -0.472. The molecule has 0 unspecified atom stereocenters. The van der Waals surface area contributed by atoms with E-state index in [1.807, 2.05) is 0 Å². The van der Waals surface area contributed by atoms with Gasteiger partial charge in [0.1, 0.15) is 0 Å². The van der Waals surface area contributed by atoms with Crippen molar-refractivity contribution in [1.82, 2.24) is 0 Å². The molecule has 0 aliphatic rings. The normalized spacial score (nSPS) is 11.3. The Balaban J connectivity index is 0.00000256. The Labute approximate surface area is 106 Å². The molecule has 0 radical (unpaired) electrons. The van der Waals surface area contributed by atoms with Gasteiger partial charge in [0.25, 0.3) is 0 Å². The molecule has 1 aromatic rings. The molecule has 17 heavy (non-hydrogen) atoms. The first kappa shape index (κ1) is 15.7. The molecule has 1 aromatic carbocycles. The van der Waals surface area contributed by atoms with Gasteiger partial charge in [0, 0.05) is 6.92 Å². The summed E-state index contributed by atoms with van der Waals surface area (Å²) in [5.41, 5.74) is 6.37. The number of ether oxygens (including phenoxy) is 2. The highest BCUT2D eigenvalue weighted by atomic mass is 35.5. The second-order valence-electron chi connectivity index (χ2n) is 3.29. The van der Waals surface area contributed by atoms with Crippen molar-refractivity contribution >= 4 is 18.4 Å². The van der Waals surface area contributed by atoms with Crippen LogP contribution in [0.3, 0.4) is 0 Å². The summed E-state index contributed by atoms with van der Waals surface area (Å²) in [5, 5.41) is 8.92. The number of halogens is 1. The summed E-state index contributed by atoms with van der Waals surface area (Å²) in [5.74, 6) is 0.331. The van der Waals surface area contributed by atoms with Crippen LogP contribution < -0.4 is 15.2 Å². The summed E-state index contributed by atoms with van der Waals surface area (Å²) < 4.78 is 10.0. The summed E-state index contributed by atoms with van der Waals surface area (Å²) >= 11 is 0. The number of hydrogen-bond acceptors (Lipinski definition) is 5. The number of carbonyl (C=O) groups is 1. The number of rotatable bonds is 4. The molecule has 1 rings (SSSR count). The second kappa shape index (κ2) is 7.11. The lowest BCUT2D eigenvalue weighted by Gasteiger charge is -2.12. The van der Waals surface area contributed by atoms with Crippen LogP contribution in [0.1, 0.15) is 18.5 Å². The first-order valence-electron chi connectivity index (χ1n) is 4.81. The number of esters is 1. The predicted molar refractivity (Wildman–Crippen MR) is 65.6 cm³/mol. The van der Waals surface area contributed by atoms with Crippen LogP contribution in [0.2, 0.25) is 0 Å². The van der Waals surface area contributed by atoms with Crippen molar-refractivity contribution in [2.45, 2.75) is 13.0 Å². The van der Waals surface area contributed by atoms with E-state index in [1.165, 1.54) is 14.0 Å². The molecule has 0 bridgehead atoms. The van der Waals surface area contributed by atoms with Gasteiger partial charge in [-0.25, -0.2) is 0 Å². The summed E-state index contributed by atoms with van der Waals surface area (Å²) in [6.45, 7) is 1.16. The number of aliphatic hydroxyl groups excluding tert-OH is 1. The summed E-state index contributed by atoms with van der Waals surface area (Å²) in [4.78, 5) is 10.8. The molecule has 0 aromatic heterocycles. The van der Waals surface area contributed by atoms with Crippen molar-refractivity contribution < 1.29 is 19.4 Å². The van der Waals surface area contributed by atoms with E-state index < -0.39 is 12.0 Å². The highest BCUT2D eigenvalue weighted by Gasteiger charge is 2.11. The van der Waals surface area contributed by atoms with Gasteiger partial charge in [-0.15, -0.1) is 12.4 Å². The molecule has 96 valence electrons. The summed E-state index contributed by atoms with van der Waals surface area (Å²) in [7, 11) is 1.47. The zero-order chi connectivity index (χ0) is 12.1. The average molecular weight is 262 g/mol. The van der Waals surface area contributed by atoms with Gasteiger partial charge >= 0.3 is 5.97 Å². The Morgan fingerprint density at radius 2 is 2.12 bits per heavy atom. The van der Waals surface area contributed by atoms with Crippen LogP contribution in [0, 0.1) is 0 Å². The number of carbonyl (C=O) groups excluding carboxylic acids is 1. The molecule has 0 amide bonds. The number of aliphatic hydroxyl groups is 1. The topological polar surface area (TPSA) is 81.8 Å². The van der Waals surface area contributed by atoms with Crippen LogP contribution in [-0.4, -0.2) is 24.8 Å². The Morgan fingerprint density at radius 1 is 1.47 bits per heavy atom. The standard InChI is InChI=1S/C11H15NO4.ClH/c1-7(14)16-10-4-3-8(9(12)6-13)5-11(10)15-2;/h3-5,9,13H,6,12H2,1-2H3;1H/t9-;/m0./s1. The zero-order valence-corrected chi connectivity index (χ0v) is 10.5. The smallest absolute Gasteiger partial charge is 0.308 e. The van der Waals surface area contributed by atoms with Gasteiger partial charge in [0.15, 0.2) is 11.5 Å². The minimum absolute atomic E-state index is 0. The first-order chi connectivity index (χ1) is 7.58. The van der Waals surface area contributed by atoms with Gasteiger partial charge in [-0.3, -0.25) is 4.79 Å². The van der Waals surface area contributed by atoms with Crippen molar-refractivity contribution in [1.29, 1.82) is 0 Å². The Bertz CT molecular complexity index is 384. The van der Waals surface area contributed by atoms with Crippen LogP contribution in [0.5, 0.6) is 11.5 Å². The molecule has 0 heterocycles. The Kier molecular flexibility index (Phi) is 6.57. The molecule has 0 saturated heterocycles. The fourth-order valence-corrected chi connectivity index (χ4v) is 1.26. The van der Waals surface area contributed by atoms with E-state index in [2.05, 4.69) is 0 Å². The van der Waals surface area contributed by atoms with E-state index in [4.69, 9.17) is 20.3 Å². The van der Waals surface area contributed by atoms with E-state index in [-0.39, 0.29) is 19.0 Å². The van der Waals surface area contributed by atoms with Gasteiger partial charge in [-0.2, -0.15) is 0 Å². The molecule has 0 spiro atoms. The van der Waals surface area contributed by atoms with Gasteiger partial charge in [0.2, 0.25) is 0 Å². The molecule has 0 aliphatic heterocycles. The van der Waals surface area contributed by atoms with Gasteiger partial charge in [0.05, 0.1) is 19.8 Å². The highest BCUT2D eigenvalue weighted by molar-refractivity contribution is 5.85. The molecule has 6 heteroatoms. The quantitative estimate of drug-likeness (QED) is 0.625. The molecular weight excluding hydrogens is 246 g/mol. The average Bonchev–Trinajstić information content (AvgIpc) is 2.27. The van der Waals surface area contributed by atoms with Crippen molar-refractivity contribution in [2.24, 2.45) is 5.73 Å². The largest absolute Gasteiger partial charge is 0.493 e. The van der Waals surface area contributed by atoms with Crippen LogP contribution in [0.15, 0.2) is 18.2 Å². The van der Waals surface area contributed by atoms with Gasteiger partial charge in [-0.1, -0.05) is 6.07 Å². The number of benzene rings is 1. The third-order valence-electron chi connectivity index (χ3n) is 2.07. The summed E-state index contributed by atoms with van der Waals surface area (Å²) in [6.07, 6.45) is 0. The van der Waals surface area contributed by atoms with Crippen molar-refractivity contribution in [3.05, 3.63) is 23.8 Å². The van der Waals surface area contributed by atoms with E-state index in [0.717, 1.165) is 5.56 Å². The summed E-state index contributed by atoms with van der Waals surface area (Å²) in [6, 6.07) is 4.44. The molecule has 3 N–H and O–H groups in total. The fourth-order valence-electron chi connectivity index (χ4n) is 1.26. The van der Waals surface area contributed by atoms with Crippen molar-refractivity contribution in [3.63, 3.8) is 0 Å².